The summed E-state index contributed by atoms with van der Waals surface area (Å²) >= 11 is 0. The molecule has 3 unspecified atom stereocenters. The number of hydrogen-bond acceptors (Lipinski definition) is 5. The number of unbranched alkanes of at least 4 members (excludes halogenated alkanes) is 47. The van der Waals surface area contributed by atoms with Gasteiger partial charge in [0.15, 0.2) is 11.9 Å². The Morgan fingerprint density at radius 3 is 0.944 bits per heavy atom. The first kappa shape index (κ1) is 70.3. The Hall–Kier alpha value is -1.69. The van der Waals surface area contributed by atoms with Crippen LogP contribution in [0.4, 0.5) is 0 Å². The third kappa shape index (κ3) is 50.5. The number of ether oxygens (including phenoxy) is 1. The lowest BCUT2D eigenvalue weighted by atomic mass is 9.95. The second-order valence-corrected chi connectivity index (χ2v) is 22.7. The third-order valence-corrected chi connectivity index (χ3v) is 15.4. The maximum absolute atomic E-state index is 14.2. The first-order chi connectivity index (χ1) is 35.4. The van der Waals surface area contributed by atoms with Crippen LogP contribution in [0.1, 0.15) is 374 Å². The number of hydrogen-bond donors (Lipinski definition) is 2. The van der Waals surface area contributed by atoms with Gasteiger partial charge < -0.3 is 15.2 Å². The van der Waals surface area contributed by atoms with Crippen molar-refractivity contribution >= 4 is 17.7 Å². The molecule has 0 spiro atoms. The molecule has 0 rings (SSSR count). The number of Topliss-reactive ketones (excluding diaryl/α,β-unsaturated/α-hetero) is 1. The van der Waals surface area contributed by atoms with Gasteiger partial charge in [-0.2, -0.15) is 0 Å². The zero-order valence-corrected chi connectivity index (χ0v) is 49.2. The molecule has 2 N–H and O–H groups in total. The van der Waals surface area contributed by atoms with Crippen molar-refractivity contribution < 1.29 is 24.2 Å². The first-order valence-corrected chi connectivity index (χ1v) is 32.8. The van der Waals surface area contributed by atoms with E-state index in [0.717, 1.165) is 77.0 Å². The molecular formula is C66H127NO5. The fourth-order valence-electron chi connectivity index (χ4n) is 10.5. The lowest BCUT2D eigenvalue weighted by Gasteiger charge is -2.29. The maximum Gasteiger partial charge on any atom is 0.306 e. The van der Waals surface area contributed by atoms with Crippen LogP contribution in [0.5, 0.6) is 0 Å². The van der Waals surface area contributed by atoms with Crippen LogP contribution in [0, 0.1) is 0 Å². The van der Waals surface area contributed by atoms with Gasteiger partial charge in [-0.1, -0.05) is 335 Å². The van der Waals surface area contributed by atoms with Crippen molar-refractivity contribution in [1.29, 1.82) is 0 Å². The van der Waals surface area contributed by atoms with E-state index < -0.39 is 24.2 Å². The summed E-state index contributed by atoms with van der Waals surface area (Å²) in [5.74, 6) is -0.747. The first-order valence-electron chi connectivity index (χ1n) is 32.8. The molecule has 0 aromatic carbocycles. The molecule has 0 aliphatic rings. The van der Waals surface area contributed by atoms with E-state index >= 15 is 0 Å². The van der Waals surface area contributed by atoms with Gasteiger partial charge >= 0.3 is 5.97 Å². The van der Waals surface area contributed by atoms with Crippen molar-refractivity contribution in [3.63, 3.8) is 0 Å². The van der Waals surface area contributed by atoms with Crippen molar-refractivity contribution in [2.24, 2.45) is 0 Å². The van der Waals surface area contributed by atoms with E-state index in [9.17, 15) is 19.5 Å². The van der Waals surface area contributed by atoms with E-state index in [1.165, 1.54) is 250 Å². The fraction of sp³-hybridized carbons (Fsp3) is 0.924. The Bertz CT molecular complexity index is 1150. The summed E-state index contributed by atoms with van der Waals surface area (Å²) in [6.07, 6.45) is 65.3. The molecule has 6 nitrogen and oxygen atoms in total. The third-order valence-electron chi connectivity index (χ3n) is 15.4. The number of allylic oxidation sites excluding steroid dienone is 1. The molecule has 0 bridgehead atoms. The second kappa shape index (κ2) is 58.6. The molecule has 0 fully saturated rings. The normalized spacial score (nSPS) is 13.0. The second-order valence-electron chi connectivity index (χ2n) is 22.7. The number of rotatable bonds is 60. The van der Waals surface area contributed by atoms with Gasteiger partial charge in [0.2, 0.25) is 5.91 Å². The predicted molar refractivity (Wildman–Crippen MR) is 314 cm³/mol. The van der Waals surface area contributed by atoms with Crippen molar-refractivity contribution in [3.05, 3.63) is 12.2 Å². The largest absolute Gasteiger partial charge is 0.452 e. The van der Waals surface area contributed by atoms with Crippen LogP contribution in [0.2, 0.25) is 0 Å². The van der Waals surface area contributed by atoms with Crippen LogP contribution < -0.4 is 5.32 Å². The lowest BCUT2D eigenvalue weighted by molar-refractivity contribution is -0.159. The van der Waals surface area contributed by atoms with Gasteiger partial charge in [0.25, 0.3) is 0 Å². The average molecular weight is 1010 g/mol. The van der Waals surface area contributed by atoms with Crippen LogP contribution in [0.3, 0.4) is 0 Å². The molecule has 0 saturated carbocycles. The van der Waals surface area contributed by atoms with E-state index in [4.69, 9.17) is 4.74 Å². The molecule has 1 amide bonds. The minimum atomic E-state index is -1.20. The summed E-state index contributed by atoms with van der Waals surface area (Å²) in [6.45, 7) is 9.08. The van der Waals surface area contributed by atoms with E-state index in [1.807, 2.05) is 6.08 Å². The number of amides is 1. The highest BCUT2D eigenvalue weighted by Crippen LogP contribution is 2.20. The van der Waals surface area contributed by atoms with Gasteiger partial charge in [-0.05, 0) is 32.1 Å². The van der Waals surface area contributed by atoms with Crippen LogP contribution in [0.25, 0.3) is 0 Å². The van der Waals surface area contributed by atoms with Gasteiger partial charge in [0, 0.05) is 19.3 Å². The SMILES string of the molecule is CCCCCCCCCCCCCC=CC(O)C(NC(=O)CCCCCCCCCCCCCCC)C(OC(=O)CCCCCCCCCCCCCCC)C(=O)CCCCCCCCCCCCCCC. The molecule has 6 heteroatoms. The fourth-order valence-corrected chi connectivity index (χ4v) is 10.5. The highest BCUT2D eigenvalue weighted by Gasteiger charge is 2.36. The Labute approximate surface area is 450 Å². The topological polar surface area (TPSA) is 92.7 Å². The van der Waals surface area contributed by atoms with Crippen LogP contribution in [-0.2, 0) is 19.1 Å². The molecule has 0 aromatic rings. The highest BCUT2D eigenvalue weighted by molar-refractivity contribution is 5.87. The summed E-state index contributed by atoms with van der Waals surface area (Å²) in [4.78, 5) is 41.4. The zero-order valence-electron chi connectivity index (χ0n) is 49.2. The Morgan fingerprint density at radius 1 is 0.361 bits per heavy atom. The van der Waals surface area contributed by atoms with Crippen molar-refractivity contribution in [3.8, 4) is 0 Å². The van der Waals surface area contributed by atoms with Crippen LogP contribution in [-0.4, -0.2) is 41.0 Å². The van der Waals surface area contributed by atoms with E-state index in [1.54, 1.807) is 6.08 Å². The number of aliphatic hydroxyl groups is 1. The smallest absolute Gasteiger partial charge is 0.306 e. The van der Waals surface area contributed by atoms with Gasteiger partial charge in [0.1, 0.15) is 6.04 Å². The van der Waals surface area contributed by atoms with Gasteiger partial charge in [0.05, 0.1) is 6.10 Å². The summed E-state index contributed by atoms with van der Waals surface area (Å²) in [5, 5.41) is 14.9. The monoisotopic (exact) mass is 1010 g/mol. The van der Waals surface area contributed by atoms with Crippen molar-refractivity contribution in [2.45, 2.75) is 393 Å². The minimum Gasteiger partial charge on any atom is -0.452 e. The summed E-state index contributed by atoms with van der Waals surface area (Å²) in [6, 6.07) is -1.00. The van der Waals surface area contributed by atoms with Crippen LogP contribution in [0.15, 0.2) is 12.2 Å². The minimum absolute atomic E-state index is 0.174. The molecule has 0 aliphatic heterocycles. The van der Waals surface area contributed by atoms with Gasteiger partial charge in [-0.15, -0.1) is 0 Å². The highest BCUT2D eigenvalue weighted by atomic mass is 16.5. The number of aliphatic hydroxyl groups excluding tert-OH is 1. The standard InChI is InChI=1S/C66H127NO5/c1-5-9-13-17-21-25-29-33-37-41-45-49-53-57-61(68)65(67-63(70)59-55-51-47-43-39-35-31-27-23-19-15-11-7-3)66(62(69)58-54-50-46-42-38-34-30-26-22-18-14-10-6-2)72-64(71)60-56-52-48-44-40-36-32-28-24-20-16-12-8-4/h53,57,61,65-66,68H,5-52,54-56,58-60H2,1-4H3,(H,67,70). The molecule has 0 heterocycles. The average Bonchev–Trinajstić information content (AvgIpc) is 3.38. The number of carbonyl (C=O) groups is 3. The number of carbonyl (C=O) groups excluding carboxylic acids is 3. The Balaban J connectivity index is 5.48. The molecule has 426 valence electrons. The lowest BCUT2D eigenvalue weighted by Crippen LogP contribution is -2.54. The summed E-state index contributed by atoms with van der Waals surface area (Å²) in [5.41, 5.74) is 0. The molecule has 72 heavy (non-hydrogen) atoms. The van der Waals surface area contributed by atoms with E-state index in [2.05, 4.69) is 33.0 Å². The molecular weight excluding hydrogens is 887 g/mol. The van der Waals surface area contributed by atoms with Crippen molar-refractivity contribution in [2.75, 3.05) is 0 Å². The maximum atomic E-state index is 14.2. The molecule has 0 aliphatic carbocycles. The van der Waals surface area contributed by atoms with E-state index in [-0.39, 0.29) is 24.5 Å². The summed E-state index contributed by atoms with van der Waals surface area (Å²) < 4.78 is 6.11. The molecule has 0 aromatic heterocycles. The number of nitrogens with one attached hydrogen (secondary N) is 1. The Kier molecular flexibility index (Phi) is 57.2. The van der Waals surface area contributed by atoms with Crippen molar-refractivity contribution in [1.82, 2.24) is 5.32 Å². The quantitative estimate of drug-likeness (QED) is 0.0360. The zero-order chi connectivity index (χ0) is 52.5. The number of esters is 1. The predicted octanol–water partition coefficient (Wildman–Crippen LogP) is 21.0. The Morgan fingerprint density at radius 2 is 0.625 bits per heavy atom. The molecule has 0 radical (unpaired) electrons. The molecule has 3 atom stereocenters. The van der Waals surface area contributed by atoms with Gasteiger partial charge in [-0.25, -0.2) is 0 Å². The summed E-state index contributed by atoms with van der Waals surface area (Å²) in [7, 11) is 0. The van der Waals surface area contributed by atoms with Crippen LogP contribution >= 0.6 is 0 Å². The molecule has 0 saturated heterocycles. The van der Waals surface area contributed by atoms with E-state index in [0.29, 0.717) is 6.42 Å². The van der Waals surface area contributed by atoms with Gasteiger partial charge in [-0.3, -0.25) is 14.4 Å². The number of ketones is 1.